The Morgan fingerprint density at radius 2 is 1.77 bits per heavy atom. The molecule has 0 bridgehead atoms. The van der Waals surface area contributed by atoms with E-state index in [0.717, 1.165) is 46.1 Å². The largest absolute Gasteiger partial charge is 0.330 e. The highest BCUT2D eigenvalue weighted by atomic mass is 32.2. The summed E-state index contributed by atoms with van der Waals surface area (Å²) in [5.41, 5.74) is 6.72. The molecular formula is C31H29N5OS2. The molecule has 3 aromatic carbocycles. The van der Waals surface area contributed by atoms with E-state index in [1.807, 2.05) is 42.5 Å². The van der Waals surface area contributed by atoms with E-state index < -0.39 is 0 Å². The van der Waals surface area contributed by atoms with Crippen molar-refractivity contribution in [3.63, 3.8) is 0 Å². The van der Waals surface area contributed by atoms with Gasteiger partial charge in [-0.15, -0.1) is 10.2 Å². The number of hydrogen-bond acceptors (Lipinski definition) is 7. The lowest BCUT2D eigenvalue weighted by molar-refractivity contribution is -0.130. The predicted octanol–water partition coefficient (Wildman–Crippen LogP) is 7.51. The zero-order valence-electron chi connectivity index (χ0n) is 21.7. The molecule has 6 nitrogen and oxygen atoms in total. The van der Waals surface area contributed by atoms with Crippen LogP contribution in [-0.4, -0.2) is 32.6 Å². The summed E-state index contributed by atoms with van der Waals surface area (Å²) in [6, 6.07) is 28.7. The van der Waals surface area contributed by atoms with Crippen LogP contribution in [0.25, 0.3) is 6.08 Å². The van der Waals surface area contributed by atoms with Crippen molar-refractivity contribution in [1.29, 1.82) is 0 Å². The first kappa shape index (κ1) is 25.5. The molecule has 1 aliphatic carbocycles. The van der Waals surface area contributed by atoms with Gasteiger partial charge in [-0.25, -0.2) is 5.01 Å². The molecule has 1 amide bonds. The SMILES string of the molecule is Cc1ccccc1Nc1nnc(SCC(=O)N2N=C3C(=Cc4ccccc4)CCCC3C2c2ccccc2)s1. The lowest BCUT2D eigenvalue weighted by Gasteiger charge is -2.29. The van der Waals surface area contributed by atoms with E-state index in [-0.39, 0.29) is 23.6 Å². The first-order valence-corrected chi connectivity index (χ1v) is 15.0. The second-order valence-electron chi connectivity index (χ2n) is 9.76. The van der Waals surface area contributed by atoms with Gasteiger partial charge in [-0.05, 0) is 60.6 Å². The maximum atomic E-state index is 13.7. The number of nitrogens with one attached hydrogen (secondary N) is 1. The van der Waals surface area contributed by atoms with Gasteiger partial charge in [0.25, 0.3) is 5.91 Å². The van der Waals surface area contributed by atoms with Crippen molar-refractivity contribution in [1.82, 2.24) is 15.2 Å². The minimum atomic E-state index is -0.0959. The highest BCUT2D eigenvalue weighted by Gasteiger charge is 2.43. The molecule has 1 fully saturated rings. The molecule has 1 aliphatic heterocycles. The van der Waals surface area contributed by atoms with Crippen molar-refractivity contribution in [2.45, 2.75) is 36.6 Å². The third-order valence-corrected chi connectivity index (χ3v) is 9.11. The molecule has 196 valence electrons. The molecule has 1 aromatic heterocycles. The Hall–Kier alpha value is -3.75. The lowest BCUT2D eigenvalue weighted by atomic mass is 9.77. The minimum Gasteiger partial charge on any atom is -0.330 e. The van der Waals surface area contributed by atoms with Crippen molar-refractivity contribution in [2.75, 3.05) is 11.1 Å². The quantitative estimate of drug-likeness (QED) is 0.241. The van der Waals surface area contributed by atoms with Crippen molar-refractivity contribution in [3.8, 4) is 0 Å². The second-order valence-corrected chi connectivity index (χ2v) is 12.0. The van der Waals surface area contributed by atoms with Gasteiger partial charge in [-0.3, -0.25) is 4.79 Å². The number of benzene rings is 3. The molecule has 0 radical (unpaired) electrons. The lowest BCUT2D eigenvalue weighted by Crippen LogP contribution is -2.32. The van der Waals surface area contributed by atoms with Crippen LogP contribution in [0.3, 0.4) is 0 Å². The number of aryl methyl sites for hydroxylation is 1. The van der Waals surface area contributed by atoms with Crippen molar-refractivity contribution >= 4 is 51.6 Å². The third-order valence-electron chi connectivity index (χ3n) is 7.15. The molecule has 1 saturated carbocycles. The van der Waals surface area contributed by atoms with Gasteiger partial charge in [-0.1, -0.05) is 102 Å². The average Bonchev–Trinajstić information content (AvgIpc) is 3.59. The molecule has 2 heterocycles. The van der Waals surface area contributed by atoms with Crippen LogP contribution in [-0.2, 0) is 4.79 Å². The Morgan fingerprint density at radius 1 is 1.03 bits per heavy atom. The van der Waals surface area contributed by atoms with E-state index >= 15 is 0 Å². The van der Waals surface area contributed by atoms with Crippen molar-refractivity contribution < 1.29 is 4.79 Å². The fourth-order valence-electron chi connectivity index (χ4n) is 5.28. The fourth-order valence-corrected chi connectivity index (χ4v) is 6.89. The molecule has 0 saturated heterocycles. The average molecular weight is 552 g/mol. The third kappa shape index (κ3) is 5.67. The van der Waals surface area contributed by atoms with Gasteiger partial charge < -0.3 is 5.32 Å². The molecular weight excluding hydrogens is 523 g/mol. The van der Waals surface area contributed by atoms with Crippen molar-refractivity contribution in [3.05, 3.63) is 107 Å². The maximum Gasteiger partial charge on any atom is 0.253 e. The predicted molar refractivity (Wildman–Crippen MR) is 160 cm³/mol. The van der Waals surface area contributed by atoms with Crippen LogP contribution in [0, 0.1) is 12.8 Å². The first-order chi connectivity index (χ1) is 19.2. The van der Waals surface area contributed by atoms with Crippen LogP contribution in [0.4, 0.5) is 10.8 Å². The van der Waals surface area contributed by atoms with Gasteiger partial charge in [0.05, 0.1) is 17.5 Å². The number of rotatable bonds is 7. The standard InChI is InChI=1S/C31H29N5OS2/c1-21-11-8-9-18-26(21)32-30-33-34-31(39-30)38-20-27(37)36-29(23-14-6-3-7-15-23)25-17-10-16-24(28(25)35-36)19-22-12-4-2-5-13-22/h2-9,11-15,18-19,25,29H,10,16-17,20H2,1H3,(H,32,33). The summed E-state index contributed by atoms with van der Waals surface area (Å²) >= 11 is 2.87. The van der Waals surface area contributed by atoms with Crippen LogP contribution in [0.15, 0.2) is 99.9 Å². The Labute approximate surface area is 236 Å². The molecule has 8 heteroatoms. The smallest absolute Gasteiger partial charge is 0.253 e. The van der Waals surface area contributed by atoms with Crippen LogP contribution < -0.4 is 5.32 Å². The zero-order valence-corrected chi connectivity index (χ0v) is 23.3. The molecule has 0 spiro atoms. The van der Waals surface area contributed by atoms with E-state index in [1.54, 1.807) is 5.01 Å². The normalized spacial score (nSPS) is 19.6. The summed E-state index contributed by atoms with van der Waals surface area (Å²) in [4.78, 5) is 13.7. The van der Waals surface area contributed by atoms with Crippen LogP contribution in [0.1, 0.15) is 42.0 Å². The maximum absolute atomic E-state index is 13.7. The zero-order chi connectivity index (χ0) is 26.6. The number of carbonyl (C=O) groups excluding carboxylic acids is 1. The minimum absolute atomic E-state index is 0.0153. The number of anilines is 2. The number of allylic oxidation sites excluding steroid dienone is 1. The Bertz CT molecular complexity index is 1520. The number of nitrogens with zero attached hydrogens (tertiary/aromatic N) is 4. The van der Waals surface area contributed by atoms with E-state index in [4.69, 9.17) is 5.10 Å². The number of thioether (sulfide) groups is 1. The van der Waals surface area contributed by atoms with E-state index in [9.17, 15) is 4.79 Å². The summed E-state index contributed by atoms with van der Waals surface area (Å²) in [6.07, 6.45) is 5.32. The summed E-state index contributed by atoms with van der Waals surface area (Å²) in [6.45, 7) is 2.05. The first-order valence-electron chi connectivity index (χ1n) is 13.2. The molecule has 2 atom stereocenters. The Kier molecular flexibility index (Phi) is 7.56. The van der Waals surface area contributed by atoms with Crippen LogP contribution in [0.5, 0.6) is 0 Å². The van der Waals surface area contributed by atoms with Gasteiger partial charge in [0, 0.05) is 11.6 Å². The van der Waals surface area contributed by atoms with E-state index in [2.05, 4.69) is 71.0 Å². The van der Waals surface area contributed by atoms with Crippen LogP contribution in [0.2, 0.25) is 0 Å². The van der Waals surface area contributed by atoms with Gasteiger partial charge in [0.1, 0.15) is 0 Å². The van der Waals surface area contributed by atoms with Gasteiger partial charge >= 0.3 is 0 Å². The second kappa shape index (κ2) is 11.6. The number of fused-ring (bicyclic) bond motifs is 1. The number of hydrogen-bond donors (Lipinski definition) is 1. The number of carbonyl (C=O) groups is 1. The molecule has 6 rings (SSSR count). The molecule has 2 aliphatic rings. The van der Waals surface area contributed by atoms with Gasteiger partial charge in [-0.2, -0.15) is 5.10 Å². The van der Waals surface area contributed by atoms with Gasteiger partial charge in [0.15, 0.2) is 4.34 Å². The number of para-hydroxylation sites is 1. The Balaban J connectivity index is 1.22. The van der Waals surface area contributed by atoms with Crippen LogP contribution >= 0.6 is 23.1 Å². The summed E-state index contributed by atoms with van der Waals surface area (Å²) in [7, 11) is 0. The molecule has 4 aromatic rings. The van der Waals surface area contributed by atoms with Crippen molar-refractivity contribution in [2.24, 2.45) is 11.0 Å². The highest BCUT2D eigenvalue weighted by Crippen LogP contribution is 2.44. The van der Waals surface area contributed by atoms with E-state index in [0.29, 0.717) is 5.13 Å². The summed E-state index contributed by atoms with van der Waals surface area (Å²) in [5, 5.41) is 19.4. The Morgan fingerprint density at radius 3 is 2.56 bits per heavy atom. The fraction of sp³-hybridized carbons (Fsp3) is 0.226. The monoisotopic (exact) mass is 551 g/mol. The topological polar surface area (TPSA) is 70.5 Å². The number of hydrazone groups is 1. The highest BCUT2D eigenvalue weighted by molar-refractivity contribution is 8.01. The number of amides is 1. The summed E-state index contributed by atoms with van der Waals surface area (Å²) < 4.78 is 0.754. The summed E-state index contributed by atoms with van der Waals surface area (Å²) in [5.74, 6) is 0.429. The molecule has 2 unspecified atom stereocenters. The molecule has 1 N–H and O–H groups in total. The molecule has 39 heavy (non-hydrogen) atoms. The van der Waals surface area contributed by atoms with E-state index in [1.165, 1.54) is 34.2 Å². The van der Waals surface area contributed by atoms with Gasteiger partial charge in [0.2, 0.25) is 5.13 Å². The number of aromatic nitrogens is 2.